The Morgan fingerprint density at radius 2 is 2.15 bits per heavy atom. The van der Waals surface area contributed by atoms with E-state index < -0.39 is 0 Å². The molecule has 0 atom stereocenters. The molecule has 0 N–H and O–H groups in total. The van der Waals surface area contributed by atoms with Gasteiger partial charge in [0.1, 0.15) is 5.75 Å². The lowest BCUT2D eigenvalue weighted by Gasteiger charge is -2.14. The molecule has 0 amide bonds. The van der Waals surface area contributed by atoms with Gasteiger partial charge in [-0.2, -0.15) is 0 Å². The zero-order chi connectivity index (χ0) is 13.8. The number of rotatable bonds is 6. The Labute approximate surface area is 119 Å². The van der Waals surface area contributed by atoms with Crippen LogP contribution in [0.15, 0.2) is 22.7 Å². The van der Waals surface area contributed by atoms with E-state index in [9.17, 15) is 0 Å². The van der Waals surface area contributed by atoms with Gasteiger partial charge >= 0.3 is 0 Å². The van der Waals surface area contributed by atoms with Crippen LogP contribution in [0.4, 0.5) is 0 Å². The number of likely N-dealkylation sites (tertiary alicyclic amines) is 1. The van der Waals surface area contributed by atoms with E-state index in [1.54, 1.807) is 0 Å². The van der Waals surface area contributed by atoms with Gasteiger partial charge in [0.2, 0.25) is 0 Å². The number of nitrogens with zero attached hydrogens (tertiary/aromatic N) is 2. The molecule has 108 valence electrons. The first-order valence-corrected chi connectivity index (χ1v) is 7.60. The highest BCUT2D eigenvalue weighted by atomic mass is 16.5. The average Bonchev–Trinajstić information content (AvgIpc) is 3.12. The highest BCUT2D eigenvalue weighted by Gasteiger charge is 2.11. The van der Waals surface area contributed by atoms with Gasteiger partial charge < -0.3 is 14.2 Å². The summed E-state index contributed by atoms with van der Waals surface area (Å²) in [5, 5.41) is 5.16. The number of ether oxygens (including phenoxy) is 1. The van der Waals surface area contributed by atoms with Gasteiger partial charge in [0.25, 0.3) is 0 Å². The van der Waals surface area contributed by atoms with E-state index >= 15 is 0 Å². The van der Waals surface area contributed by atoms with E-state index in [4.69, 9.17) is 9.26 Å². The van der Waals surface area contributed by atoms with Crippen molar-refractivity contribution in [1.82, 2.24) is 10.1 Å². The predicted octanol–water partition coefficient (Wildman–Crippen LogP) is 3.25. The summed E-state index contributed by atoms with van der Waals surface area (Å²) in [5.74, 6) is 0.873. The zero-order valence-corrected chi connectivity index (χ0v) is 12.1. The lowest BCUT2D eigenvalue weighted by atomic mass is 10.2. The van der Waals surface area contributed by atoms with E-state index in [2.05, 4.69) is 17.0 Å². The Bertz CT molecular complexity index is 559. The summed E-state index contributed by atoms with van der Waals surface area (Å²) in [6.45, 7) is 6.50. The van der Waals surface area contributed by atoms with Gasteiger partial charge in [0.05, 0.1) is 12.3 Å². The third-order valence-electron chi connectivity index (χ3n) is 3.94. The molecule has 0 saturated carbocycles. The second kappa shape index (κ2) is 6.27. The SMILES string of the molecule is CCc1noc2cc(OCCCN3CCCC3)ccc12. The number of benzene rings is 1. The first-order chi connectivity index (χ1) is 9.86. The third kappa shape index (κ3) is 2.96. The first-order valence-electron chi connectivity index (χ1n) is 7.60. The van der Waals surface area contributed by atoms with Crippen molar-refractivity contribution in [3.05, 3.63) is 23.9 Å². The fourth-order valence-electron chi connectivity index (χ4n) is 2.80. The molecule has 1 aromatic carbocycles. The van der Waals surface area contributed by atoms with Crippen LogP contribution in [-0.2, 0) is 6.42 Å². The van der Waals surface area contributed by atoms with Crippen molar-refractivity contribution in [2.45, 2.75) is 32.6 Å². The van der Waals surface area contributed by atoms with Crippen LogP contribution in [0, 0.1) is 0 Å². The Balaban J connectivity index is 1.52. The summed E-state index contributed by atoms with van der Waals surface area (Å²) in [6.07, 6.45) is 4.67. The van der Waals surface area contributed by atoms with E-state index in [-0.39, 0.29) is 0 Å². The van der Waals surface area contributed by atoms with Crippen molar-refractivity contribution in [2.75, 3.05) is 26.2 Å². The molecule has 1 aliphatic heterocycles. The lowest BCUT2D eigenvalue weighted by Crippen LogP contribution is -2.21. The smallest absolute Gasteiger partial charge is 0.170 e. The molecular formula is C16H22N2O2. The van der Waals surface area contributed by atoms with Gasteiger partial charge in [-0.25, -0.2) is 0 Å². The molecule has 0 unspecified atom stereocenters. The standard InChI is InChI=1S/C16H22N2O2/c1-2-15-14-7-6-13(12-16(14)20-17-15)19-11-5-10-18-8-3-4-9-18/h6-7,12H,2-5,8-11H2,1H3. The van der Waals surface area contributed by atoms with Crippen LogP contribution in [0.1, 0.15) is 31.9 Å². The van der Waals surface area contributed by atoms with Crippen molar-refractivity contribution in [2.24, 2.45) is 0 Å². The summed E-state index contributed by atoms with van der Waals surface area (Å²) < 4.78 is 11.1. The molecule has 0 spiro atoms. The molecule has 4 nitrogen and oxygen atoms in total. The normalized spacial score (nSPS) is 16.1. The number of hydrogen-bond acceptors (Lipinski definition) is 4. The number of hydrogen-bond donors (Lipinski definition) is 0. The van der Waals surface area contributed by atoms with Crippen molar-refractivity contribution in [1.29, 1.82) is 0 Å². The Kier molecular flexibility index (Phi) is 4.21. The minimum absolute atomic E-state index is 0.761. The Morgan fingerprint density at radius 1 is 1.30 bits per heavy atom. The minimum atomic E-state index is 0.761. The number of fused-ring (bicyclic) bond motifs is 1. The fourth-order valence-corrected chi connectivity index (χ4v) is 2.80. The van der Waals surface area contributed by atoms with Gasteiger partial charge in [-0.1, -0.05) is 12.1 Å². The van der Waals surface area contributed by atoms with Crippen molar-refractivity contribution in [3.8, 4) is 5.75 Å². The fraction of sp³-hybridized carbons (Fsp3) is 0.562. The maximum absolute atomic E-state index is 5.80. The van der Waals surface area contributed by atoms with E-state index in [1.165, 1.54) is 25.9 Å². The van der Waals surface area contributed by atoms with Crippen LogP contribution < -0.4 is 4.74 Å². The molecule has 0 bridgehead atoms. The van der Waals surface area contributed by atoms with Gasteiger partial charge in [-0.05, 0) is 50.9 Å². The van der Waals surface area contributed by atoms with Gasteiger partial charge in [-0.15, -0.1) is 0 Å². The monoisotopic (exact) mass is 274 g/mol. The molecule has 1 saturated heterocycles. The molecule has 4 heteroatoms. The van der Waals surface area contributed by atoms with Crippen LogP contribution >= 0.6 is 0 Å². The minimum Gasteiger partial charge on any atom is -0.493 e. The van der Waals surface area contributed by atoms with Crippen LogP contribution in [-0.4, -0.2) is 36.3 Å². The zero-order valence-electron chi connectivity index (χ0n) is 12.1. The molecule has 3 rings (SSSR count). The van der Waals surface area contributed by atoms with Crippen molar-refractivity contribution >= 4 is 11.0 Å². The molecule has 2 heterocycles. The number of aromatic nitrogens is 1. The topological polar surface area (TPSA) is 38.5 Å². The van der Waals surface area contributed by atoms with Crippen LogP contribution in [0.25, 0.3) is 11.0 Å². The summed E-state index contributed by atoms with van der Waals surface area (Å²) in [6, 6.07) is 5.99. The van der Waals surface area contributed by atoms with Gasteiger partial charge in [0, 0.05) is 18.0 Å². The molecule has 2 aromatic rings. The molecule has 0 aliphatic carbocycles. The largest absolute Gasteiger partial charge is 0.493 e. The molecule has 0 radical (unpaired) electrons. The summed E-state index contributed by atoms with van der Waals surface area (Å²) in [4.78, 5) is 2.51. The van der Waals surface area contributed by atoms with Crippen molar-refractivity contribution in [3.63, 3.8) is 0 Å². The summed E-state index contributed by atoms with van der Waals surface area (Å²) in [5.41, 5.74) is 1.83. The average molecular weight is 274 g/mol. The predicted molar refractivity (Wildman–Crippen MR) is 79.2 cm³/mol. The molecule has 1 fully saturated rings. The van der Waals surface area contributed by atoms with Crippen molar-refractivity contribution < 1.29 is 9.26 Å². The molecule has 20 heavy (non-hydrogen) atoms. The maximum Gasteiger partial charge on any atom is 0.170 e. The Morgan fingerprint density at radius 3 is 2.95 bits per heavy atom. The Hall–Kier alpha value is -1.55. The van der Waals surface area contributed by atoms with E-state index in [1.807, 2.05) is 18.2 Å². The highest BCUT2D eigenvalue weighted by molar-refractivity contribution is 5.80. The lowest BCUT2D eigenvalue weighted by molar-refractivity contribution is 0.263. The quantitative estimate of drug-likeness (QED) is 0.758. The second-order valence-corrected chi connectivity index (χ2v) is 5.39. The summed E-state index contributed by atoms with van der Waals surface area (Å²) >= 11 is 0. The highest BCUT2D eigenvalue weighted by Crippen LogP contribution is 2.24. The van der Waals surface area contributed by atoms with Gasteiger partial charge in [-0.3, -0.25) is 0 Å². The third-order valence-corrected chi connectivity index (χ3v) is 3.94. The maximum atomic E-state index is 5.80. The molecular weight excluding hydrogens is 252 g/mol. The van der Waals surface area contributed by atoms with E-state index in [0.717, 1.165) is 48.4 Å². The van der Waals surface area contributed by atoms with Crippen LogP contribution in [0.5, 0.6) is 5.75 Å². The molecule has 1 aromatic heterocycles. The number of aryl methyl sites for hydroxylation is 1. The molecule has 1 aliphatic rings. The second-order valence-electron chi connectivity index (χ2n) is 5.39. The van der Waals surface area contributed by atoms with Crippen LogP contribution in [0.2, 0.25) is 0 Å². The van der Waals surface area contributed by atoms with E-state index in [0.29, 0.717) is 0 Å². The van der Waals surface area contributed by atoms with Crippen LogP contribution in [0.3, 0.4) is 0 Å². The van der Waals surface area contributed by atoms with Gasteiger partial charge in [0.15, 0.2) is 5.58 Å². The first kappa shape index (κ1) is 13.4. The summed E-state index contributed by atoms with van der Waals surface area (Å²) in [7, 11) is 0.